The minimum Gasteiger partial charge on any atom is -0.504 e. The van der Waals surface area contributed by atoms with E-state index in [4.69, 9.17) is 9.47 Å². The molecule has 0 atom stereocenters. The van der Waals surface area contributed by atoms with Gasteiger partial charge in [-0.25, -0.2) is 0 Å². The Labute approximate surface area is 85.2 Å². The Kier molecular flexibility index (Phi) is 2.29. The number of phenols is 1. The van der Waals surface area contributed by atoms with Crippen LogP contribution in [-0.4, -0.2) is 30.9 Å². The average molecular weight is 206 g/mol. The smallest absolute Gasteiger partial charge is 0.241 e. The van der Waals surface area contributed by atoms with Crippen molar-refractivity contribution in [2.24, 2.45) is 0 Å². The van der Waals surface area contributed by atoms with Gasteiger partial charge in [0.1, 0.15) is 24.5 Å². The number of hydrogen-bond donors (Lipinski definition) is 1. The van der Waals surface area contributed by atoms with E-state index < -0.39 is 0 Å². The standard InChI is InChI=1S/C10H6O5/c11-4-6-3-8(13)10-7(5-12)9(6)14-1-2-15-10/h3,13H,1-2H2. The van der Waals surface area contributed by atoms with Crippen molar-refractivity contribution in [3.05, 3.63) is 17.2 Å². The van der Waals surface area contributed by atoms with Gasteiger partial charge >= 0.3 is 0 Å². The molecule has 1 aliphatic rings. The number of aromatic hydroxyl groups is 1. The summed E-state index contributed by atoms with van der Waals surface area (Å²) in [6, 6.07) is 1.14. The van der Waals surface area contributed by atoms with Crippen molar-refractivity contribution in [2.45, 2.75) is 0 Å². The van der Waals surface area contributed by atoms with Crippen molar-refractivity contribution in [3.63, 3.8) is 0 Å². The zero-order valence-electron chi connectivity index (χ0n) is 7.57. The molecule has 1 N–H and O–H groups in total. The zero-order chi connectivity index (χ0) is 10.8. The van der Waals surface area contributed by atoms with E-state index in [0.29, 0.717) is 0 Å². The number of ether oxygens (including phenoxy) is 2. The Morgan fingerprint density at radius 3 is 2.40 bits per heavy atom. The molecule has 0 unspecified atom stereocenters. The highest BCUT2D eigenvalue weighted by atomic mass is 16.5. The van der Waals surface area contributed by atoms with Gasteiger partial charge < -0.3 is 14.6 Å². The molecule has 5 nitrogen and oxygen atoms in total. The fraction of sp³-hybridized carbons (Fsp3) is 0.200. The first kappa shape index (κ1) is 9.51. The molecule has 0 saturated carbocycles. The summed E-state index contributed by atoms with van der Waals surface area (Å²) in [6.07, 6.45) is 3.16. The molecule has 0 aromatic heterocycles. The number of hydrogen-bond acceptors (Lipinski definition) is 5. The molecule has 0 saturated heterocycles. The third-order valence-electron chi connectivity index (χ3n) is 2.00. The summed E-state index contributed by atoms with van der Waals surface area (Å²) in [4.78, 5) is 21.3. The first-order valence-corrected chi connectivity index (χ1v) is 4.19. The normalized spacial score (nSPS) is 13.3. The van der Waals surface area contributed by atoms with Crippen molar-refractivity contribution in [1.82, 2.24) is 0 Å². The van der Waals surface area contributed by atoms with Crippen molar-refractivity contribution < 1.29 is 24.2 Å². The van der Waals surface area contributed by atoms with Crippen LogP contribution in [0.25, 0.3) is 0 Å². The molecule has 0 aliphatic carbocycles. The minimum atomic E-state index is -0.291. The van der Waals surface area contributed by atoms with Crippen LogP contribution in [-0.2, 0) is 9.59 Å². The Bertz CT molecular complexity index is 424. The fourth-order valence-corrected chi connectivity index (χ4v) is 1.39. The highest BCUT2D eigenvalue weighted by Gasteiger charge is 2.23. The van der Waals surface area contributed by atoms with Crippen molar-refractivity contribution in [1.29, 1.82) is 0 Å². The molecule has 0 spiro atoms. The molecule has 1 aliphatic heterocycles. The summed E-state index contributed by atoms with van der Waals surface area (Å²) in [7, 11) is 0. The van der Waals surface area contributed by atoms with Gasteiger partial charge in [0.15, 0.2) is 11.5 Å². The molecule has 1 aromatic rings. The van der Waals surface area contributed by atoms with Crippen LogP contribution in [0, 0.1) is 0 Å². The van der Waals surface area contributed by atoms with E-state index in [1.807, 2.05) is 0 Å². The summed E-state index contributed by atoms with van der Waals surface area (Å²) >= 11 is 0. The molecule has 2 bridgehead atoms. The van der Waals surface area contributed by atoms with Crippen LogP contribution in [0.3, 0.4) is 0 Å². The SMILES string of the molecule is O=[C]c1cc(O)c2c([C]=O)c1OCCO2. The van der Waals surface area contributed by atoms with E-state index in [-0.39, 0.29) is 41.6 Å². The third kappa shape index (κ3) is 1.41. The molecule has 0 amide bonds. The lowest BCUT2D eigenvalue weighted by molar-refractivity contribution is 0.228. The highest BCUT2D eigenvalue weighted by Crippen LogP contribution is 2.39. The molecule has 1 aromatic carbocycles. The predicted octanol–water partition coefficient (Wildman–Crippen LogP) is 0.0790. The highest BCUT2D eigenvalue weighted by molar-refractivity contribution is 5.93. The summed E-state index contributed by atoms with van der Waals surface area (Å²) in [5.74, 6) is -0.234. The summed E-state index contributed by atoms with van der Waals surface area (Å²) in [5, 5.41) is 9.48. The molecule has 76 valence electrons. The Balaban J connectivity index is 2.73. The third-order valence-corrected chi connectivity index (χ3v) is 2.00. The van der Waals surface area contributed by atoms with E-state index in [1.54, 1.807) is 12.6 Å². The van der Waals surface area contributed by atoms with Gasteiger partial charge in [-0.15, -0.1) is 0 Å². The van der Waals surface area contributed by atoms with Crippen LogP contribution in [0.1, 0.15) is 11.1 Å². The quantitative estimate of drug-likeness (QED) is 0.741. The van der Waals surface area contributed by atoms with Crippen molar-refractivity contribution in [2.75, 3.05) is 13.2 Å². The number of fused-ring (bicyclic) bond motifs is 2. The molecular formula is C10H6O5. The molecule has 2 rings (SSSR count). The number of benzene rings is 1. The molecule has 5 heteroatoms. The van der Waals surface area contributed by atoms with Gasteiger partial charge in [-0.1, -0.05) is 0 Å². The molecule has 2 radical (unpaired) electrons. The monoisotopic (exact) mass is 206 g/mol. The predicted molar refractivity (Wildman–Crippen MR) is 48.7 cm³/mol. The number of carbonyl (C=O) groups excluding carboxylic acids is 2. The van der Waals surface area contributed by atoms with Gasteiger partial charge in [0.05, 0.1) is 5.56 Å². The molecule has 1 heterocycles. The van der Waals surface area contributed by atoms with E-state index >= 15 is 0 Å². The van der Waals surface area contributed by atoms with Gasteiger partial charge in [0.25, 0.3) is 0 Å². The van der Waals surface area contributed by atoms with Crippen LogP contribution in [0.15, 0.2) is 6.07 Å². The minimum absolute atomic E-state index is 0.00324. The van der Waals surface area contributed by atoms with E-state index in [0.717, 1.165) is 6.07 Å². The number of phenolic OH excluding ortho intramolecular Hbond substituents is 1. The first-order valence-electron chi connectivity index (χ1n) is 4.19. The maximum atomic E-state index is 10.7. The lowest BCUT2D eigenvalue weighted by Crippen LogP contribution is -2.05. The zero-order valence-corrected chi connectivity index (χ0v) is 7.57. The van der Waals surface area contributed by atoms with Gasteiger partial charge in [-0.05, 0) is 6.07 Å². The van der Waals surface area contributed by atoms with Gasteiger partial charge in [-0.2, -0.15) is 0 Å². The van der Waals surface area contributed by atoms with Crippen molar-refractivity contribution in [3.8, 4) is 17.2 Å². The lowest BCUT2D eigenvalue weighted by atomic mass is 10.1. The maximum absolute atomic E-state index is 10.7. The Morgan fingerprint density at radius 2 is 1.80 bits per heavy atom. The topological polar surface area (TPSA) is 72.8 Å². The van der Waals surface area contributed by atoms with E-state index in [2.05, 4.69) is 0 Å². The average Bonchev–Trinajstić information content (AvgIpc) is 2.42. The van der Waals surface area contributed by atoms with Crippen LogP contribution in [0.2, 0.25) is 0 Å². The largest absolute Gasteiger partial charge is 0.504 e. The van der Waals surface area contributed by atoms with Crippen LogP contribution < -0.4 is 9.47 Å². The second-order valence-electron chi connectivity index (χ2n) is 2.88. The maximum Gasteiger partial charge on any atom is 0.241 e. The first-order chi connectivity index (χ1) is 7.27. The van der Waals surface area contributed by atoms with Crippen LogP contribution >= 0.6 is 0 Å². The van der Waals surface area contributed by atoms with Gasteiger partial charge in [0.2, 0.25) is 12.6 Å². The summed E-state index contributed by atoms with van der Waals surface area (Å²) in [5.41, 5.74) is -0.0917. The second-order valence-corrected chi connectivity index (χ2v) is 2.88. The Morgan fingerprint density at radius 1 is 1.13 bits per heavy atom. The van der Waals surface area contributed by atoms with E-state index in [1.165, 1.54) is 0 Å². The van der Waals surface area contributed by atoms with Crippen molar-refractivity contribution >= 4 is 12.6 Å². The van der Waals surface area contributed by atoms with Crippen LogP contribution in [0.4, 0.5) is 0 Å². The van der Waals surface area contributed by atoms with Gasteiger partial charge in [0, 0.05) is 0 Å². The molecule has 15 heavy (non-hydrogen) atoms. The van der Waals surface area contributed by atoms with E-state index in [9.17, 15) is 14.7 Å². The molecule has 0 fully saturated rings. The summed E-state index contributed by atoms with van der Waals surface area (Å²) < 4.78 is 10.2. The molecular weight excluding hydrogens is 200 g/mol. The summed E-state index contributed by atoms with van der Waals surface area (Å²) in [6.45, 7) is 0.379. The second kappa shape index (κ2) is 3.61. The fourth-order valence-electron chi connectivity index (χ4n) is 1.39. The lowest BCUT2D eigenvalue weighted by Gasteiger charge is -2.08. The van der Waals surface area contributed by atoms with Crippen LogP contribution in [0.5, 0.6) is 17.2 Å². The number of rotatable bonds is 2. The van der Waals surface area contributed by atoms with Gasteiger partial charge in [-0.3, -0.25) is 9.59 Å². The Hall–Kier alpha value is -2.04.